The van der Waals surface area contributed by atoms with Crippen LogP contribution >= 0.6 is 0 Å². The fourth-order valence-electron chi connectivity index (χ4n) is 3.97. The molecule has 1 fully saturated rings. The molecule has 31 heavy (non-hydrogen) atoms. The van der Waals surface area contributed by atoms with Crippen molar-refractivity contribution in [1.82, 2.24) is 10.2 Å². The second kappa shape index (κ2) is 11.0. The SMILES string of the molecule is Cc1ccc(CN(C(=O)COc2cccc(C)c2)[C@H](C)C(=O)NC2CCCCC2)cc1. The van der Waals surface area contributed by atoms with Gasteiger partial charge in [0.05, 0.1) is 0 Å². The van der Waals surface area contributed by atoms with E-state index in [0.29, 0.717) is 12.3 Å². The standard InChI is InChI=1S/C26H34N2O3/c1-19-12-14-22(15-13-19)17-28(21(3)26(30)27-23-9-5-4-6-10-23)25(29)18-31-24-11-7-8-20(2)16-24/h7-8,11-16,21,23H,4-6,9-10,17-18H2,1-3H3,(H,27,30)/t21-/m1/s1. The van der Waals surface area contributed by atoms with Gasteiger partial charge in [-0.25, -0.2) is 0 Å². The van der Waals surface area contributed by atoms with Crippen LogP contribution in [0, 0.1) is 13.8 Å². The molecule has 0 aromatic heterocycles. The lowest BCUT2D eigenvalue weighted by Crippen LogP contribution is -2.51. The highest BCUT2D eigenvalue weighted by atomic mass is 16.5. The first kappa shape index (κ1) is 22.9. The molecule has 0 unspecified atom stereocenters. The number of amides is 2. The lowest BCUT2D eigenvalue weighted by atomic mass is 9.95. The molecule has 1 N–H and O–H groups in total. The number of aryl methyl sites for hydroxylation is 2. The zero-order valence-corrected chi connectivity index (χ0v) is 18.9. The minimum absolute atomic E-state index is 0.0945. The zero-order chi connectivity index (χ0) is 22.2. The summed E-state index contributed by atoms with van der Waals surface area (Å²) < 4.78 is 5.74. The Bertz CT molecular complexity index is 872. The van der Waals surface area contributed by atoms with Gasteiger partial charge in [0.25, 0.3) is 5.91 Å². The van der Waals surface area contributed by atoms with Crippen LogP contribution in [0.15, 0.2) is 48.5 Å². The van der Waals surface area contributed by atoms with Crippen LogP contribution in [-0.4, -0.2) is 35.4 Å². The van der Waals surface area contributed by atoms with Gasteiger partial charge in [-0.3, -0.25) is 9.59 Å². The lowest BCUT2D eigenvalue weighted by molar-refractivity contribution is -0.142. The van der Waals surface area contributed by atoms with Crippen molar-refractivity contribution in [2.45, 2.75) is 71.5 Å². The molecule has 0 aliphatic heterocycles. The van der Waals surface area contributed by atoms with Crippen molar-refractivity contribution in [1.29, 1.82) is 0 Å². The van der Waals surface area contributed by atoms with Crippen LogP contribution in [0.25, 0.3) is 0 Å². The number of nitrogens with zero attached hydrogens (tertiary/aromatic N) is 1. The molecule has 2 aromatic rings. The molecule has 1 saturated carbocycles. The minimum Gasteiger partial charge on any atom is -0.484 e. The molecule has 3 rings (SSSR count). The largest absolute Gasteiger partial charge is 0.484 e. The predicted octanol–water partition coefficient (Wildman–Crippen LogP) is 4.55. The van der Waals surface area contributed by atoms with E-state index in [1.54, 1.807) is 11.8 Å². The van der Waals surface area contributed by atoms with Crippen LogP contribution in [0.2, 0.25) is 0 Å². The first-order valence-corrected chi connectivity index (χ1v) is 11.3. The van der Waals surface area contributed by atoms with Gasteiger partial charge in [0.2, 0.25) is 5.91 Å². The summed E-state index contributed by atoms with van der Waals surface area (Å²) in [7, 11) is 0. The quantitative estimate of drug-likeness (QED) is 0.679. The highest BCUT2D eigenvalue weighted by Gasteiger charge is 2.28. The highest BCUT2D eigenvalue weighted by molar-refractivity contribution is 5.88. The van der Waals surface area contributed by atoms with Gasteiger partial charge in [0, 0.05) is 12.6 Å². The molecule has 1 aliphatic carbocycles. The second-order valence-corrected chi connectivity index (χ2v) is 8.63. The van der Waals surface area contributed by atoms with E-state index in [2.05, 4.69) is 5.32 Å². The molecule has 166 valence electrons. The van der Waals surface area contributed by atoms with Gasteiger partial charge < -0.3 is 15.0 Å². The molecular formula is C26H34N2O3. The van der Waals surface area contributed by atoms with E-state index in [4.69, 9.17) is 4.74 Å². The average molecular weight is 423 g/mol. The topological polar surface area (TPSA) is 58.6 Å². The molecule has 2 amide bonds. The number of hydrogen-bond acceptors (Lipinski definition) is 3. The van der Waals surface area contributed by atoms with Crippen molar-refractivity contribution < 1.29 is 14.3 Å². The van der Waals surface area contributed by atoms with E-state index in [1.807, 2.05) is 62.4 Å². The third-order valence-electron chi connectivity index (χ3n) is 5.94. The summed E-state index contributed by atoms with van der Waals surface area (Å²) in [6, 6.07) is 15.3. The summed E-state index contributed by atoms with van der Waals surface area (Å²) >= 11 is 0. The van der Waals surface area contributed by atoms with Crippen molar-refractivity contribution in [3.05, 3.63) is 65.2 Å². The molecule has 0 saturated heterocycles. The molecule has 0 bridgehead atoms. The van der Waals surface area contributed by atoms with Crippen LogP contribution < -0.4 is 10.1 Å². The van der Waals surface area contributed by atoms with Crippen molar-refractivity contribution in [2.75, 3.05) is 6.61 Å². The molecule has 1 atom stereocenters. The van der Waals surface area contributed by atoms with Gasteiger partial charge in [-0.1, -0.05) is 61.2 Å². The summed E-state index contributed by atoms with van der Waals surface area (Å²) in [4.78, 5) is 27.7. The predicted molar refractivity (Wildman–Crippen MR) is 123 cm³/mol. The summed E-state index contributed by atoms with van der Waals surface area (Å²) in [6.07, 6.45) is 5.56. The van der Waals surface area contributed by atoms with E-state index in [0.717, 1.165) is 42.4 Å². The van der Waals surface area contributed by atoms with Gasteiger partial charge in [-0.15, -0.1) is 0 Å². The fourth-order valence-corrected chi connectivity index (χ4v) is 3.97. The smallest absolute Gasteiger partial charge is 0.261 e. The molecule has 0 radical (unpaired) electrons. The number of ether oxygens (including phenoxy) is 1. The Morgan fingerprint density at radius 3 is 2.42 bits per heavy atom. The summed E-state index contributed by atoms with van der Waals surface area (Å²) in [5.41, 5.74) is 3.22. The van der Waals surface area contributed by atoms with E-state index in [1.165, 1.54) is 6.42 Å². The Balaban J connectivity index is 1.70. The molecule has 2 aromatic carbocycles. The lowest BCUT2D eigenvalue weighted by Gasteiger charge is -2.31. The van der Waals surface area contributed by atoms with Crippen molar-refractivity contribution >= 4 is 11.8 Å². The maximum atomic E-state index is 13.1. The third kappa shape index (κ3) is 6.84. The summed E-state index contributed by atoms with van der Waals surface area (Å²) in [6.45, 7) is 6.08. The number of carbonyl (C=O) groups excluding carboxylic acids is 2. The third-order valence-corrected chi connectivity index (χ3v) is 5.94. The second-order valence-electron chi connectivity index (χ2n) is 8.63. The van der Waals surface area contributed by atoms with Gasteiger partial charge in [-0.05, 0) is 56.9 Å². The first-order valence-electron chi connectivity index (χ1n) is 11.3. The van der Waals surface area contributed by atoms with Crippen LogP contribution in [0.4, 0.5) is 0 Å². The molecule has 0 spiro atoms. The average Bonchev–Trinajstić information content (AvgIpc) is 2.77. The van der Waals surface area contributed by atoms with Gasteiger partial charge in [0.15, 0.2) is 6.61 Å². The Labute approximate surface area is 185 Å². The molecule has 5 heteroatoms. The van der Waals surface area contributed by atoms with Crippen LogP contribution in [0.1, 0.15) is 55.7 Å². The normalized spacial score (nSPS) is 15.2. The number of carbonyl (C=O) groups is 2. The van der Waals surface area contributed by atoms with E-state index in [9.17, 15) is 9.59 Å². The van der Waals surface area contributed by atoms with Crippen molar-refractivity contribution in [3.63, 3.8) is 0 Å². The maximum Gasteiger partial charge on any atom is 0.261 e. The summed E-state index contributed by atoms with van der Waals surface area (Å²) in [5.74, 6) is 0.360. The minimum atomic E-state index is -0.572. The molecule has 0 heterocycles. The van der Waals surface area contributed by atoms with Gasteiger partial charge >= 0.3 is 0 Å². The van der Waals surface area contributed by atoms with Crippen molar-refractivity contribution in [2.24, 2.45) is 0 Å². The number of rotatable bonds is 8. The molecule has 5 nitrogen and oxygen atoms in total. The van der Waals surface area contributed by atoms with Gasteiger partial charge in [0.1, 0.15) is 11.8 Å². The van der Waals surface area contributed by atoms with E-state index < -0.39 is 6.04 Å². The van der Waals surface area contributed by atoms with Crippen LogP contribution in [0.3, 0.4) is 0 Å². The Morgan fingerprint density at radius 2 is 1.74 bits per heavy atom. The highest BCUT2D eigenvalue weighted by Crippen LogP contribution is 2.19. The fraction of sp³-hybridized carbons (Fsp3) is 0.462. The monoisotopic (exact) mass is 422 g/mol. The van der Waals surface area contributed by atoms with Crippen molar-refractivity contribution in [3.8, 4) is 5.75 Å². The number of nitrogens with one attached hydrogen (secondary N) is 1. The Morgan fingerprint density at radius 1 is 1.03 bits per heavy atom. The Kier molecular flexibility index (Phi) is 8.10. The van der Waals surface area contributed by atoms with Crippen LogP contribution in [-0.2, 0) is 16.1 Å². The zero-order valence-electron chi connectivity index (χ0n) is 18.9. The Hall–Kier alpha value is -2.82. The van der Waals surface area contributed by atoms with Gasteiger partial charge in [-0.2, -0.15) is 0 Å². The maximum absolute atomic E-state index is 13.1. The molecule has 1 aliphatic rings. The number of benzene rings is 2. The molecular weight excluding hydrogens is 388 g/mol. The summed E-state index contributed by atoms with van der Waals surface area (Å²) in [5, 5.41) is 3.16. The van der Waals surface area contributed by atoms with E-state index in [-0.39, 0.29) is 24.5 Å². The number of hydrogen-bond donors (Lipinski definition) is 1. The van der Waals surface area contributed by atoms with Crippen LogP contribution in [0.5, 0.6) is 5.75 Å². The first-order chi connectivity index (χ1) is 14.9. The van der Waals surface area contributed by atoms with E-state index >= 15 is 0 Å².